The Labute approximate surface area is 124 Å². The average molecular weight is 323 g/mol. The monoisotopic (exact) mass is 323 g/mol. The van der Waals surface area contributed by atoms with Gasteiger partial charge in [-0.2, -0.15) is 4.31 Å². The van der Waals surface area contributed by atoms with Crippen molar-refractivity contribution in [1.82, 2.24) is 4.31 Å². The Morgan fingerprint density at radius 3 is 2.57 bits per heavy atom. The Morgan fingerprint density at radius 1 is 1.38 bits per heavy atom. The second-order valence-electron chi connectivity index (χ2n) is 4.80. The number of carbonyl (C=O) groups is 2. The van der Waals surface area contributed by atoms with Gasteiger partial charge in [-0.25, -0.2) is 8.42 Å². The minimum Gasteiger partial charge on any atom is -0.481 e. The summed E-state index contributed by atoms with van der Waals surface area (Å²) in [5.74, 6) is -2.98. The van der Waals surface area contributed by atoms with Crippen LogP contribution in [0.3, 0.4) is 0 Å². The first-order valence-corrected chi connectivity index (χ1v) is 8.31. The lowest BCUT2D eigenvalue weighted by atomic mass is 10.0. The SMILES string of the molecule is CCCN(C1COCC1C(=O)O)S(=O)(=O)CCC(=O)OC. The topological polar surface area (TPSA) is 110 Å². The molecular formula is C12H21NO7S. The second-order valence-corrected chi connectivity index (χ2v) is 6.84. The van der Waals surface area contributed by atoms with Crippen LogP contribution in [-0.4, -0.2) is 68.4 Å². The van der Waals surface area contributed by atoms with Crippen LogP contribution in [0.5, 0.6) is 0 Å². The van der Waals surface area contributed by atoms with Gasteiger partial charge in [-0.05, 0) is 6.42 Å². The number of ether oxygens (including phenoxy) is 2. The molecule has 1 fully saturated rings. The maximum absolute atomic E-state index is 12.4. The number of methoxy groups -OCH3 is 1. The Morgan fingerprint density at radius 2 is 2.05 bits per heavy atom. The first-order valence-electron chi connectivity index (χ1n) is 6.70. The molecule has 0 aromatic heterocycles. The number of carbonyl (C=O) groups excluding carboxylic acids is 1. The van der Waals surface area contributed by atoms with Crippen LogP contribution >= 0.6 is 0 Å². The van der Waals surface area contributed by atoms with E-state index < -0.39 is 39.7 Å². The minimum atomic E-state index is -3.75. The zero-order valence-corrected chi connectivity index (χ0v) is 13.0. The number of sulfonamides is 1. The van der Waals surface area contributed by atoms with Crippen molar-refractivity contribution in [3.8, 4) is 0 Å². The number of aliphatic carboxylic acids is 1. The van der Waals surface area contributed by atoms with Gasteiger partial charge in [0.25, 0.3) is 0 Å². The van der Waals surface area contributed by atoms with Gasteiger partial charge in [-0.15, -0.1) is 0 Å². The third-order valence-electron chi connectivity index (χ3n) is 3.33. The summed E-state index contributed by atoms with van der Waals surface area (Å²) in [7, 11) is -2.57. The number of esters is 1. The van der Waals surface area contributed by atoms with Crippen LogP contribution in [0.15, 0.2) is 0 Å². The maximum Gasteiger partial charge on any atom is 0.310 e. The molecule has 1 saturated heterocycles. The van der Waals surface area contributed by atoms with E-state index in [2.05, 4.69) is 4.74 Å². The zero-order valence-electron chi connectivity index (χ0n) is 12.1. The van der Waals surface area contributed by atoms with E-state index in [4.69, 9.17) is 9.84 Å². The van der Waals surface area contributed by atoms with Gasteiger partial charge in [0.1, 0.15) is 0 Å². The summed E-state index contributed by atoms with van der Waals surface area (Å²) in [6.45, 7) is 2.04. The molecule has 1 rings (SSSR count). The molecule has 1 heterocycles. The second kappa shape index (κ2) is 7.71. The third-order valence-corrected chi connectivity index (χ3v) is 5.22. The van der Waals surface area contributed by atoms with Crippen LogP contribution in [0.25, 0.3) is 0 Å². The van der Waals surface area contributed by atoms with Crippen molar-refractivity contribution in [2.75, 3.05) is 32.6 Å². The molecule has 1 aliphatic heterocycles. The molecule has 0 saturated carbocycles. The maximum atomic E-state index is 12.4. The first-order chi connectivity index (χ1) is 9.83. The highest BCUT2D eigenvalue weighted by atomic mass is 32.2. The van der Waals surface area contributed by atoms with Gasteiger partial charge in [0, 0.05) is 6.54 Å². The molecule has 2 atom stereocenters. The van der Waals surface area contributed by atoms with Crippen LogP contribution in [0.2, 0.25) is 0 Å². The Hall–Kier alpha value is -1.19. The van der Waals surface area contributed by atoms with Crippen LogP contribution < -0.4 is 0 Å². The van der Waals surface area contributed by atoms with Crippen molar-refractivity contribution >= 4 is 22.0 Å². The molecule has 21 heavy (non-hydrogen) atoms. The first kappa shape index (κ1) is 17.9. The van der Waals surface area contributed by atoms with Gasteiger partial charge in [-0.3, -0.25) is 9.59 Å². The number of carboxylic acids is 1. The summed E-state index contributed by atoms with van der Waals surface area (Å²) < 4.78 is 35.4. The lowest BCUT2D eigenvalue weighted by molar-refractivity contribution is -0.143. The fraction of sp³-hybridized carbons (Fsp3) is 0.833. The molecule has 0 aromatic rings. The average Bonchev–Trinajstić information content (AvgIpc) is 2.91. The molecule has 0 aromatic carbocycles. The molecule has 1 aliphatic rings. The molecule has 122 valence electrons. The van der Waals surface area contributed by atoms with Crippen molar-refractivity contribution in [2.45, 2.75) is 25.8 Å². The highest BCUT2D eigenvalue weighted by Crippen LogP contribution is 2.23. The van der Waals surface area contributed by atoms with E-state index in [1.54, 1.807) is 6.92 Å². The smallest absolute Gasteiger partial charge is 0.310 e. The lowest BCUT2D eigenvalue weighted by Gasteiger charge is -2.29. The summed E-state index contributed by atoms with van der Waals surface area (Å²) >= 11 is 0. The number of hydrogen-bond acceptors (Lipinski definition) is 6. The van der Waals surface area contributed by atoms with E-state index >= 15 is 0 Å². The van der Waals surface area contributed by atoms with Gasteiger partial charge in [0.15, 0.2) is 0 Å². The van der Waals surface area contributed by atoms with Crippen molar-refractivity contribution in [1.29, 1.82) is 0 Å². The predicted octanol–water partition coefficient (Wildman–Crippen LogP) is -0.309. The molecule has 8 nitrogen and oxygen atoms in total. The summed E-state index contributed by atoms with van der Waals surface area (Å²) in [5, 5.41) is 9.15. The van der Waals surface area contributed by atoms with Gasteiger partial charge >= 0.3 is 11.9 Å². The van der Waals surface area contributed by atoms with Crippen LogP contribution in [0, 0.1) is 5.92 Å². The lowest BCUT2D eigenvalue weighted by Crippen LogP contribution is -2.47. The molecule has 2 unspecified atom stereocenters. The van der Waals surface area contributed by atoms with Gasteiger partial charge in [0.05, 0.1) is 44.5 Å². The van der Waals surface area contributed by atoms with Crippen LogP contribution in [-0.2, 0) is 29.1 Å². The Balaban J connectivity index is 2.89. The normalized spacial score (nSPS) is 22.4. The summed E-state index contributed by atoms with van der Waals surface area (Å²) in [6, 6.07) is -0.731. The molecule has 1 N–H and O–H groups in total. The summed E-state index contributed by atoms with van der Waals surface area (Å²) in [4.78, 5) is 22.3. The van der Waals surface area contributed by atoms with E-state index in [1.807, 2.05) is 0 Å². The fourth-order valence-corrected chi connectivity index (χ4v) is 3.97. The van der Waals surface area contributed by atoms with Gasteiger partial charge in [-0.1, -0.05) is 6.92 Å². The molecule has 0 aliphatic carbocycles. The van der Waals surface area contributed by atoms with E-state index in [0.717, 1.165) is 4.31 Å². The fourth-order valence-electron chi connectivity index (χ4n) is 2.23. The molecule has 9 heteroatoms. The van der Waals surface area contributed by atoms with Gasteiger partial charge < -0.3 is 14.6 Å². The number of nitrogens with zero attached hydrogens (tertiary/aromatic N) is 1. The Kier molecular flexibility index (Phi) is 6.56. The van der Waals surface area contributed by atoms with E-state index in [1.165, 1.54) is 7.11 Å². The number of hydrogen-bond donors (Lipinski definition) is 1. The highest BCUT2D eigenvalue weighted by molar-refractivity contribution is 7.89. The molecule has 0 amide bonds. The van der Waals surface area contributed by atoms with Crippen molar-refractivity contribution in [2.24, 2.45) is 5.92 Å². The number of rotatable bonds is 8. The van der Waals surface area contributed by atoms with Crippen molar-refractivity contribution in [3.05, 3.63) is 0 Å². The number of carboxylic acid groups (broad SMARTS) is 1. The molecule has 0 bridgehead atoms. The highest BCUT2D eigenvalue weighted by Gasteiger charge is 2.42. The minimum absolute atomic E-state index is 0.00721. The predicted molar refractivity (Wildman–Crippen MR) is 73.1 cm³/mol. The van der Waals surface area contributed by atoms with E-state index in [0.29, 0.717) is 6.42 Å². The van der Waals surface area contributed by atoms with Crippen molar-refractivity contribution in [3.63, 3.8) is 0 Å². The van der Waals surface area contributed by atoms with E-state index in [9.17, 15) is 18.0 Å². The van der Waals surface area contributed by atoms with Crippen LogP contribution in [0.1, 0.15) is 19.8 Å². The standard InChI is InChI=1S/C12H21NO7S/c1-3-5-13(10-8-20-7-9(10)12(15)16)21(17,18)6-4-11(14)19-2/h9-10H,3-8H2,1-2H3,(H,15,16). The Bertz CT molecular complexity index is 476. The summed E-state index contributed by atoms with van der Waals surface area (Å²) in [6.07, 6.45) is 0.282. The largest absolute Gasteiger partial charge is 0.481 e. The molecule has 0 spiro atoms. The summed E-state index contributed by atoms with van der Waals surface area (Å²) in [5.41, 5.74) is 0. The third kappa shape index (κ3) is 4.65. The van der Waals surface area contributed by atoms with Gasteiger partial charge in [0.2, 0.25) is 10.0 Å². The van der Waals surface area contributed by atoms with Crippen LogP contribution in [0.4, 0.5) is 0 Å². The van der Waals surface area contributed by atoms with E-state index in [-0.39, 0.29) is 26.2 Å². The zero-order chi connectivity index (χ0) is 16.0. The molecular weight excluding hydrogens is 302 g/mol. The van der Waals surface area contributed by atoms with Crippen molar-refractivity contribution < 1.29 is 32.6 Å². The quantitative estimate of drug-likeness (QED) is 0.610. The molecule has 0 radical (unpaired) electrons.